The Morgan fingerprint density at radius 2 is 1.62 bits per heavy atom. The van der Waals surface area contributed by atoms with Crippen molar-refractivity contribution in [3.63, 3.8) is 0 Å². The van der Waals surface area contributed by atoms with Gasteiger partial charge in [-0.05, 0) is 37.0 Å². The smallest absolute Gasteiger partial charge is 0.478 e. The van der Waals surface area contributed by atoms with Crippen molar-refractivity contribution in [3.8, 4) is 5.88 Å². The number of alkyl halides is 6. The van der Waals surface area contributed by atoms with Gasteiger partial charge in [-0.15, -0.1) is 0 Å². The molecule has 4 rings (SSSR count). The maximum Gasteiger partial charge on any atom is 0.490 e. The van der Waals surface area contributed by atoms with E-state index < -0.39 is 34.3 Å². The Kier molecular flexibility index (Phi) is 10.8. The maximum atomic E-state index is 12.7. The summed E-state index contributed by atoms with van der Waals surface area (Å²) >= 11 is 0. The van der Waals surface area contributed by atoms with Crippen molar-refractivity contribution >= 4 is 22.0 Å². The van der Waals surface area contributed by atoms with Gasteiger partial charge in [0.1, 0.15) is 4.90 Å². The first-order valence-electron chi connectivity index (χ1n) is 11.2. The molecule has 0 saturated carbocycles. The molecule has 0 aliphatic carbocycles. The monoisotopic (exact) mass is 603 g/mol. The van der Waals surface area contributed by atoms with Gasteiger partial charge in [-0.25, -0.2) is 23.0 Å². The van der Waals surface area contributed by atoms with Crippen LogP contribution in [0.4, 0.5) is 26.3 Å². The molecule has 2 saturated heterocycles. The molecular formula is C22H23F6N3O8S. The maximum absolute atomic E-state index is 12.7. The highest BCUT2D eigenvalue weighted by Gasteiger charge is 2.56. The summed E-state index contributed by atoms with van der Waals surface area (Å²) in [6.07, 6.45) is -3.78. The molecule has 4 heterocycles. The average Bonchev–Trinajstić information content (AvgIpc) is 3.28. The number of ether oxygens (including phenoxy) is 2. The van der Waals surface area contributed by atoms with Crippen molar-refractivity contribution in [2.24, 2.45) is 5.92 Å². The van der Waals surface area contributed by atoms with E-state index in [1.54, 1.807) is 24.5 Å². The molecule has 1 spiro atoms. The Hall–Kier alpha value is -3.51. The summed E-state index contributed by atoms with van der Waals surface area (Å²) in [6.45, 7) is 1.98. The molecule has 2 aliphatic heterocycles. The van der Waals surface area contributed by atoms with E-state index in [0.717, 1.165) is 12.8 Å². The number of halogens is 6. The number of sulfonamides is 1. The second-order valence-electron chi connectivity index (χ2n) is 8.27. The molecule has 1 atom stereocenters. The minimum atomic E-state index is -5.08. The van der Waals surface area contributed by atoms with E-state index in [2.05, 4.69) is 9.97 Å². The number of pyridine rings is 2. The number of hydrogen-bond acceptors (Lipinski definition) is 8. The van der Waals surface area contributed by atoms with Crippen molar-refractivity contribution in [3.05, 3.63) is 48.9 Å². The van der Waals surface area contributed by atoms with Gasteiger partial charge < -0.3 is 19.7 Å². The van der Waals surface area contributed by atoms with Gasteiger partial charge in [0.25, 0.3) is 0 Å². The Labute approximate surface area is 223 Å². The van der Waals surface area contributed by atoms with Gasteiger partial charge in [-0.1, -0.05) is 6.07 Å². The predicted octanol–water partition coefficient (Wildman–Crippen LogP) is 2.99. The molecule has 2 aromatic rings. The minimum Gasteiger partial charge on any atom is -0.478 e. The van der Waals surface area contributed by atoms with E-state index >= 15 is 0 Å². The van der Waals surface area contributed by atoms with Gasteiger partial charge >= 0.3 is 24.3 Å². The fraction of sp³-hybridized carbons (Fsp3) is 0.455. The first kappa shape index (κ1) is 32.7. The fourth-order valence-corrected chi connectivity index (χ4v) is 5.17. The highest BCUT2D eigenvalue weighted by atomic mass is 32.2. The first-order chi connectivity index (χ1) is 18.5. The van der Waals surface area contributed by atoms with Crippen LogP contribution < -0.4 is 4.74 Å². The molecule has 40 heavy (non-hydrogen) atoms. The SMILES string of the molecule is O=C(O)C(F)(F)F.O=C(O)C(F)(F)F.O=S(=O)(c1cccnc1)N1CC2(C1)OCCC2CCOc1ccccn1. The molecule has 0 radical (unpaired) electrons. The average molecular weight is 603 g/mol. The molecule has 0 aromatic carbocycles. The fourth-order valence-electron chi connectivity index (χ4n) is 3.65. The molecule has 2 aromatic heterocycles. The van der Waals surface area contributed by atoms with Gasteiger partial charge in [-0.2, -0.15) is 30.6 Å². The van der Waals surface area contributed by atoms with Crippen LogP contribution in [0, 0.1) is 5.92 Å². The lowest BCUT2D eigenvalue weighted by atomic mass is 9.80. The second-order valence-corrected chi connectivity index (χ2v) is 10.2. The van der Waals surface area contributed by atoms with E-state index in [4.69, 9.17) is 29.3 Å². The lowest BCUT2D eigenvalue weighted by molar-refractivity contribution is -0.193. The Morgan fingerprint density at radius 3 is 2.10 bits per heavy atom. The van der Waals surface area contributed by atoms with Crippen LogP contribution >= 0.6 is 0 Å². The van der Waals surface area contributed by atoms with Crippen LogP contribution in [-0.4, -0.2) is 89.1 Å². The van der Waals surface area contributed by atoms with E-state index in [9.17, 15) is 34.8 Å². The van der Waals surface area contributed by atoms with Crippen molar-refractivity contribution in [2.45, 2.75) is 35.7 Å². The van der Waals surface area contributed by atoms with Crippen LogP contribution in [0.25, 0.3) is 0 Å². The highest BCUT2D eigenvalue weighted by Crippen LogP contribution is 2.43. The second kappa shape index (κ2) is 13.2. The quantitative estimate of drug-likeness (QED) is 0.471. The molecule has 222 valence electrons. The van der Waals surface area contributed by atoms with Crippen molar-refractivity contribution in [1.82, 2.24) is 14.3 Å². The third kappa shape index (κ3) is 9.02. The summed E-state index contributed by atoms with van der Waals surface area (Å²) < 4.78 is 102. The summed E-state index contributed by atoms with van der Waals surface area (Å²) in [5.74, 6) is -4.62. The minimum absolute atomic E-state index is 0.225. The molecule has 2 fully saturated rings. The number of aromatic nitrogens is 2. The highest BCUT2D eigenvalue weighted by molar-refractivity contribution is 7.89. The zero-order chi connectivity index (χ0) is 30.2. The number of carboxylic acids is 2. The van der Waals surface area contributed by atoms with E-state index in [0.29, 0.717) is 32.2 Å². The van der Waals surface area contributed by atoms with Gasteiger partial charge in [0, 0.05) is 44.4 Å². The normalized spacial score (nSPS) is 18.4. The summed E-state index contributed by atoms with van der Waals surface area (Å²) in [5.41, 5.74) is -0.386. The van der Waals surface area contributed by atoms with Crippen molar-refractivity contribution < 1.29 is 64.0 Å². The third-order valence-electron chi connectivity index (χ3n) is 5.60. The largest absolute Gasteiger partial charge is 0.490 e. The van der Waals surface area contributed by atoms with Crippen LogP contribution in [0.15, 0.2) is 53.8 Å². The van der Waals surface area contributed by atoms with Crippen LogP contribution in [0.3, 0.4) is 0 Å². The van der Waals surface area contributed by atoms with Gasteiger partial charge in [0.15, 0.2) is 0 Å². The standard InChI is InChI=1S/C18H21N3O4S.2C2HF3O2/c22-26(23,16-4-3-8-19-12-16)21-13-18(14-21)15(7-11-25-18)6-10-24-17-5-1-2-9-20-17;2*3-2(4,5)1(6)7/h1-5,8-9,12,15H,6-7,10-11,13-14H2;2*(H,6,7). The zero-order valence-electron chi connectivity index (χ0n) is 20.3. The molecule has 0 amide bonds. The summed E-state index contributed by atoms with van der Waals surface area (Å²) in [6, 6.07) is 8.76. The van der Waals surface area contributed by atoms with Crippen LogP contribution in [0.5, 0.6) is 5.88 Å². The summed E-state index contributed by atoms with van der Waals surface area (Å²) in [7, 11) is -3.50. The lowest BCUT2D eigenvalue weighted by Gasteiger charge is -2.49. The van der Waals surface area contributed by atoms with Crippen LogP contribution in [0.2, 0.25) is 0 Å². The Balaban J connectivity index is 0.000000333. The van der Waals surface area contributed by atoms with Crippen LogP contribution in [-0.2, 0) is 24.3 Å². The van der Waals surface area contributed by atoms with E-state index in [1.165, 1.54) is 10.5 Å². The summed E-state index contributed by atoms with van der Waals surface area (Å²) in [4.78, 5) is 26.1. The van der Waals surface area contributed by atoms with Gasteiger partial charge in [0.05, 0.1) is 12.2 Å². The zero-order valence-corrected chi connectivity index (χ0v) is 21.1. The lowest BCUT2D eigenvalue weighted by Crippen LogP contribution is -2.66. The van der Waals surface area contributed by atoms with Gasteiger partial charge in [-0.3, -0.25) is 4.98 Å². The number of carbonyl (C=O) groups is 2. The van der Waals surface area contributed by atoms with Gasteiger partial charge in [0.2, 0.25) is 15.9 Å². The third-order valence-corrected chi connectivity index (χ3v) is 7.37. The molecular weight excluding hydrogens is 580 g/mol. The number of carboxylic acid groups (broad SMARTS) is 2. The number of nitrogens with zero attached hydrogens (tertiary/aromatic N) is 3. The molecule has 18 heteroatoms. The van der Waals surface area contributed by atoms with Crippen molar-refractivity contribution in [1.29, 1.82) is 0 Å². The summed E-state index contributed by atoms with van der Waals surface area (Å²) in [5, 5.41) is 14.2. The molecule has 1 unspecified atom stereocenters. The Bertz CT molecular complexity index is 1200. The molecule has 2 N–H and O–H groups in total. The first-order valence-corrected chi connectivity index (χ1v) is 12.6. The number of aliphatic carboxylic acids is 2. The molecule has 0 bridgehead atoms. The topological polar surface area (TPSA) is 156 Å². The van der Waals surface area contributed by atoms with Crippen molar-refractivity contribution in [2.75, 3.05) is 26.3 Å². The predicted molar refractivity (Wildman–Crippen MR) is 122 cm³/mol. The Morgan fingerprint density at radius 1 is 1.02 bits per heavy atom. The molecule has 11 nitrogen and oxygen atoms in total. The molecule has 2 aliphatic rings. The van der Waals surface area contributed by atoms with Crippen LogP contribution in [0.1, 0.15) is 12.8 Å². The van der Waals surface area contributed by atoms with E-state index in [1.807, 2.05) is 18.2 Å². The number of rotatable bonds is 6. The number of hydrogen-bond donors (Lipinski definition) is 2. The van der Waals surface area contributed by atoms with E-state index in [-0.39, 0.29) is 16.4 Å².